The lowest BCUT2D eigenvalue weighted by atomic mass is 9.85. The van der Waals surface area contributed by atoms with E-state index < -0.39 is 35.4 Å². The van der Waals surface area contributed by atoms with Gasteiger partial charge in [0.05, 0.1) is 11.2 Å². The molecular formula is C23H30O8. The van der Waals surface area contributed by atoms with E-state index in [1.807, 2.05) is 13.8 Å². The van der Waals surface area contributed by atoms with Gasteiger partial charge in [0.1, 0.15) is 18.5 Å². The van der Waals surface area contributed by atoms with Gasteiger partial charge in [-0.05, 0) is 39.7 Å². The molecule has 1 saturated heterocycles. The van der Waals surface area contributed by atoms with Gasteiger partial charge < -0.3 is 23.7 Å². The van der Waals surface area contributed by atoms with Gasteiger partial charge in [-0.1, -0.05) is 13.0 Å². The smallest absolute Gasteiger partial charge is 0.343 e. The predicted molar refractivity (Wildman–Crippen MR) is 109 cm³/mol. The zero-order valence-corrected chi connectivity index (χ0v) is 18.9. The number of carbonyl (C=O) groups excluding carboxylic acids is 3. The molecule has 3 aliphatic heterocycles. The third-order valence-corrected chi connectivity index (χ3v) is 6.26. The third kappa shape index (κ3) is 4.45. The Morgan fingerprint density at radius 2 is 2.00 bits per heavy atom. The molecule has 0 spiro atoms. The van der Waals surface area contributed by atoms with Crippen LogP contribution in [0.5, 0.6) is 0 Å². The van der Waals surface area contributed by atoms with Crippen LogP contribution in [0.4, 0.5) is 0 Å². The van der Waals surface area contributed by atoms with Crippen LogP contribution < -0.4 is 0 Å². The fourth-order valence-electron chi connectivity index (χ4n) is 4.30. The van der Waals surface area contributed by atoms with Gasteiger partial charge in [0.25, 0.3) is 0 Å². The second-order valence-electron chi connectivity index (χ2n) is 8.50. The number of hydrogen-bond donors (Lipinski definition) is 0. The zero-order chi connectivity index (χ0) is 23.0. The Balaban J connectivity index is 2.13. The maximum Gasteiger partial charge on any atom is 0.343 e. The molecule has 2 bridgehead atoms. The molecule has 0 saturated carbocycles. The van der Waals surface area contributed by atoms with Gasteiger partial charge in [0.15, 0.2) is 5.79 Å². The van der Waals surface area contributed by atoms with Crippen molar-refractivity contribution in [3.05, 3.63) is 34.6 Å². The van der Waals surface area contributed by atoms with Crippen molar-refractivity contribution in [1.82, 2.24) is 0 Å². The van der Waals surface area contributed by atoms with E-state index in [2.05, 4.69) is 0 Å². The normalized spacial score (nSPS) is 33.0. The molecule has 1 fully saturated rings. The van der Waals surface area contributed by atoms with Crippen molar-refractivity contribution in [3.8, 4) is 0 Å². The van der Waals surface area contributed by atoms with E-state index in [4.69, 9.17) is 23.7 Å². The summed E-state index contributed by atoms with van der Waals surface area (Å²) in [5.74, 6) is -2.41. The number of methoxy groups -OCH3 is 1. The largest absolute Gasteiger partial charge is 0.461 e. The Kier molecular flexibility index (Phi) is 6.43. The molecule has 3 rings (SSSR count). The van der Waals surface area contributed by atoms with Crippen LogP contribution in [0.25, 0.3) is 0 Å². The SMILES string of the molecule is CC=C(C)C(=O)OC1CC(C)[C@]2(OC)CC[C@](C)(C=C3OC(=O)C(COC(C)=O)=C31)O2. The Bertz CT molecular complexity index is 882. The predicted octanol–water partition coefficient (Wildman–Crippen LogP) is 3.12. The van der Waals surface area contributed by atoms with Gasteiger partial charge in [-0.15, -0.1) is 0 Å². The standard InChI is InChI=1S/C23H30O8/c1-7-13(2)20(25)29-17-10-14(3)23(27-6)9-8-22(5,31-23)11-18-19(17)16(21(26)30-18)12-28-15(4)24/h7,11,14,17H,8-10,12H2,1-6H3/t14?,17?,22-,23+/m1/s1. The molecule has 0 aliphatic carbocycles. The summed E-state index contributed by atoms with van der Waals surface area (Å²) in [5.41, 5.74) is 0.285. The summed E-state index contributed by atoms with van der Waals surface area (Å²) in [7, 11) is 1.60. The molecular weight excluding hydrogens is 404 g/mol. The molecule has 0 amide bonds. The van der Waals surface area contributed by atoms with E-state index in [0.29, 0.717) is 30.4 Å². The van der Waals surface area contributed by atoms with Crippen LogP contribution in [0.2, 0.25) is 0 Å². The summed E-state index contributed by atoms with van der Waals surface area (Å²) in [5, 5.41) is 0. The minimum atomic E-state index is -0.856. The number of fused-ring (bicyclic) bond motifs is 3. The molecule has 8 nitrogen and oxygen atoms in total. The van der Waals surface area contributed by atoms with E-state index in [1.54, 1.807) is 33.1 Å². The highest BCUT2D eigenvalue weighted by atomic mass is 16.7. The summed E-state index contributed by atoms with van der Waals surface area (Å²) in [6.07, 6.45) is 4.24. The second-order valence-corrected chi connectivity index (χ2v) is 8.50. The van der Waals surface area contributed by atoms with Gasteiger partial charge in [0, 0.05) is 37.5 Å². The average molecular weight is 434 g/mol. The zero-order valence-electron chi connectivity index (χ0n) is 18.9. The van der Waals surface area contributed by atoms with E-state index in [9.17, 15) is 14.4 Å². The lowest BCUT2D eigenvalue weighted by Gasteiger charge is -2.36. The monoisotopic (exact) mass is 434 g/mol. The molecule has 170 valence electrons. The van der Waals surface area contributed by atoms with Crippen molar-refractivity contribution >= 4 is 17.9 Å². The summed E-state index contributed by atoms with van der Waals surface area (Å²) < 4.78 is 28.7. The maximum absolute atomic E-state index is 12.7. The van der Waals surface area contributed by atoms with Crippen LogP contribution >= 0.6 is 0 Å². The van der Waals surface area contributed by atoms with Crippen molar-refractivity contribution in [3.63, 3.8) is 0 Å². The van der Waals surface area contributed by atoms with Gasteiger partial charge in [0.2, 0.25) is 0 Å². The molecule has 8 heteroatoms. The molecule has 4 atom stereocenters. The molecule has 0 N–H and O–H groups in total. The third-order valence-electron chi connectivity index (χ3n) is 6.26. The highest BCUT2D eigenvalue weighted by molar-refractivity contribution is 5.96. The van der Waals surface area contributed by atoms with Crippen LogP contribution in [0.1, 0.15) is 53.9 Å². The average Bonchev–Trinajstić information content (AvgIpc) is 3.22. The van der Waals surface area contributed by atoms with Crippen LogP contribution in [0, 0.1) is 5.92 Å². The number of allylic oxidation sites excluding steroid dienone is 1. The molecule has 3 heterocycles. The molecule has 0 aromatic heterocycles. The Labute approximate surface area is 182 Å². The van der Waals surface area contributed by atoms with E-state index in [-0.39, 0.29) is 23.9 Å². The van der Waals surface area contributed by atoms with Crippen molar-refractivity contribution in [2.24, 2.45) is 5.92 Å². The highest BCUT2D eigenvalue weighted by Gasteiger charge is 2.53. The first kappa shape index (κ1) is 23.2. The molecule has 31 heavy (non-hydrogen) atoms. The number of esters is 3. The fourth-order valence-corrected chi connectivity index (χ4v) is 4.30. The molecule has 0 radical (unpaired) electrons. The molecule has 0 aromatic rings. The Morgan fingerprint density at radius 3 is 2.61 bits per heavy atom. The summed E-state index contributed by atoms with van der Waals surface area (Å²) in [4.78, 5) is 36.7. The summed E-state index contributed by atoms with van der Waals surface area (Å²) >= 11 is 0. The minimum Gasteiger partial charge on any atom is -0.461 e. The molecule has 2 unspecified atom stereocenters. The first-order valence-electron chi connectivity index (χ1n) is 10.4. The van der Waals surface area contributed by atoms with Gasteiger partial charge in [-0.3, -0.25) is 4.79 Å². The maximum atomic E-state index is 12.7. The van der Waals surface area contributed by atoms with Crippen LogP contribution in [0.15, 0.2) is 34.6 Å². The fraction of sp³-hybridized carbons (Fsp3) is 0.609. The Morgan fingerprint density at radius 1 is 1.29 bits per heavy atom. The lowest BCUT2D eigenvalue weighted by Crippen LogP contribution is -2.42. The molecule has 3 aliphatic rings. The Hall–Kier alpha value is -2.45. The van der Waals surface area contributed by atoms with Crippen LogP contribution in [-0.2, 0) is 38.1 Å². The van der Waals surface area contributed by atoms with Gasteiger partial charge >= 0.3 is 17.9 Å². The quantitative estimate of drug-likeness (QED) is 0.370. The second kappa shape index (κ2) is 8.59. The highest BCUT2D eigenvalue weighted by Crippen LogP contribution is 2.49. The first-order chi connectivity index (χ1) is 14.5. The number of ether oxygens (including phenoxy) is 5. The van der Waals surface area contributed by atoms with Crippen LogP contribution in [-0.4, -0.2) is 49.1 Å². The van der Waals surface area contributed by atoms with Crippen LogP contribution in [0.3, 0.4) is 0 Å². The van der Waals surface area contributed by atoms with Crippen molar-refractivity contribution in [2.45, 2.75) is 71.4 Å². The first-order valence-corrected chi connectivity index (χ1v) is 10.4. The van der Waals surface area contributed by atoms with E-state index in [1.165, 1.54) is 6.92 Å². The minimum absolute atomic E-state index is 0.164. The van der Waals surface area contributed by atoms with Crippen molar-refractivity contribution in [2.75, 3.05) is 13.7 Å². The van der Waals surface area contributed by atoms with E-state index in [0.717, 1.165) is 0 Å². The summed E-state index contributed by atoms with van der Waals surface area (Å²) in [6.45, 7) is 8.27. The van der Waals surface area contributed by atoms with Crippen molar-refractivity contribution < 1.29 is 38.1 Å². The van der Waals surface area contributed by atoms with Crippen molar-refractivity contribution in [1.29, 1.82) is 0 Å². The van der Waals surface area contributed by atoms with Gasteiger partial charge in [-0.2, -0.15) is 0 Å². The number of hydrogen-bond acceptors (Lipinski definition) is 8. The lowest BCUT2D eigenvalue weighted by molar-refractivity contribution is -0.255. The molecule has 0 aromatic carbocycles. The summed E-state index contributed by atoms with van der Waals surface area (Å²) in [6, 6.07) is 0. The van der Waals surface area contributed by atoms with Gasteiger partial charge in [-0.25, -0.2) is 9.59 Å². The number of carbonyl (C=O) groups is 3. The topological polar surface area (TPSA) is 97.4 Å². The number of rotatable bonds is 5. The van der Waals surface area contributed by atoms with E-state index >= 15 is 0 Å².